The molecule has 0 bridgehead atoms. The number of rotatable bonds is 7. The van der Waals surface area contributed by atoms with Crippen LogP contribution < -0.4 is 10.5 Å². The highest BCUT2D eigenvalue weighted by atomic mass is 16.5. The van der Waals surface area contributed by atoms with Gasteiger partial charge in [-0.05, 0) is 25.8 Å². The van der Waals surface area contributed by atoms with Crippen LogP contribution in [-0.4, -0.2) is 33.5 Å². The van der Waals surface area contributed by atoms with E-state index in [1.54, 1.807) is 19.2 Å². The maximum absolute atomic E-state index is 5.74. The summed E-state index contributed by atoms with van der Waals surface area (Å²) in [6, 6.07) is 3.69. The van der Waals surface area contributed by atoms with Gasteiger partial charge in [-0.15, -0.1) is 10.2 Å². The van der Waals surface area contributed by atoms with Crippen LogP contribution in [0.4, 0.5) is 0 Å². The molecule has 0 aliphatic rings. The minimum atomic E-state index is 0.205. The van der Waals surface area contributed by atoms with Crippen molar-refractivity contribution < 1.29 is 9.26 Å². The molecular weight excluding hydrogens is 270 g/mol. The molecule has 0 fully saturated rings. The number of methoxy groups -OCH3 is 1. The maximum atomic E-state index is 5.74. The number of nitrogens with two attached hydrogens (primary N) is 1. The Morgan fingerprint density at radius 2 is 2.05 bits per heavy atom. The summed E-state index contributed by atoms with van der Waals surface area (Å²) in [4.78, 5) is 4.38. The standard InChI is InChI=1S/C14H21N5O2/c1-9(5-4-6-10(2)15)14-16-13(19-21-14)11-7-8-12(20-3)18-17-11/h7-10H,4-6,15H2,1-3H3. The van der Waals surface area contributed by atoms with E-state index in [2.05, 4.69) is 27.3 Å². The molecule has 7 heteroatoms. The molecule has 21 heavy (non-hydrogen) atoms. The van der Waals surface area contributed by atoms with Crippen molar-refractivity contribution in [2.45, 2.75) is 45.1 Å². The van der Waals surface area contributed by atoms with Crippen molar-refractivity contribution in [3.8, 4) is 17.4 Å². The molecule has 0 amide bonds. The van der Waals surface area contributed by atoms with Crippen molar-refractivity contribution in [3.63, 3.8) is 0 Å². The molecule has 2 aromatic heterocycles. The van der Waals surface area contributed by atoms with Crippen molar-refractivity contribution in [2.75, 3.05) is 7.11 Å². The predicted molar refractivity (Wildman–Crippen MR) is 77.8 cm³/mol. The average Bonchev–Trinajstić information content (AvgIpc) is 2.97. The smallest absolute Gasteiger partial charge is 0.233 e. The zero-order chi connectivity index (χ0) is 15.2. The largest absolute Gasteiger partial charge is 0.480 e. The first-order valence-electron chi connectivity index (χ1n) is 7.07. The van der Waals surface area contributed by atoms with Gasteiger partial charge in [0.25, 0.3) is 0 Å². The van der Waals surface area contributed by atoms with Gasteiger partial charge in [-0.3, -0.25) is 0 Å². The van der Waals surface area contributed by atoms with E-state index >= 15 is 0 Å². The molecule has 0 aliphatic carbocycles. The SMILES string of the molecule is COc1ccc(-c2noc(C(C)CCCC(C)N)n2)nn1. The molecule has 0 radical (unpaired) electrons. The predicted octanol–water partition coefficient (Wildman–Crippen LogP) is 2.16. The van der Waals surface area contributed by atoms with Gasteiger partial charge in [0.1, 0.15) is 5.69 Å². The molecule has 0 saturated heterocycles. The molecule has 114 valence electrons. The molecule has 2 unspecified atom stereocenters. The van der Waals surface area contributed by atoms with Gasteiger partial charge in [0.2, 0.25) is 17.6 Å². The van der Waals surface area contributed by atoms with Crippen molar-refractivity contribution >= 4 is 0 Å². The summed E-state index contributed by atoms with van der Waals surface area (Å²) in [6.45, 7) is 4.08. The van der Waals surface area contributed by atoms with Crippen LogP contribution in [0.15, 0.2) is 16.7 Å². The van der Waals surface area contributed by atoms with Crippen LogP contribution in [0.5, 0.6) is 5.88 Å². The van der Waals surface area contributed by atoms with E-state index in [-0.39, 0.29) is 12.0 Å². The highest BCUT2D eigenvalue weighted by molar-refractivity contribution is 5.47. The minimum absolute atomic E-state index is 0.205. The van der Waals surface area contributed by atoms with Gasteiger partial charge in [0.15, 0.2) is 0 Å². The lowest BCUT2D eigenvalue weighted by molar-refractivity contribution is 0.349. The van der Waals surface area contributed by atoms with Gasteiger partial charge in [-0.25, -0.2) is 0 Å². The van der Waals surface area contributed by atoms with Crippen LogP contribution in [0.1, 0.15) is 44.9 Å². The second-order valence-electron chi connectivity index (χ2n) is 5.23. The monoisotopic (exact) mass is 291 g/mol. The van der Waals surface area contributed by atoms with Gasteiger partial charge in [-0.2, -0.15) is 4.98 Å². The number of hydrogen-bond acceptors (Lipinski definition) is 7. The van der Waals surface area contributed by atoms with Crippen LogP contribution >= 0.6 is 0 Å². The Morgan fingerprint density at radius 3 is 2.67 bits per heavy atom. The van der Waals surface area contributed by atoms with E-state index in [1.807, 2.05) is 6.92 Å². The van der Waals surface area contributed by atoms with Crippen LogP contribution in [0.2, 0.25) is 0 Å². The molecule has 0 spiro atoms. The molecule has 0 aromatic carbocycles. The first-order chi connectivity index (χ1) is 10.1. The van der Waals surface area contributed by atoms with E-state index in [0.717, 1.165) is 19.3 Å². The topological polar surface area (TPSA) is 100.0 Å². The van der Waals surface area contributed by atoms with Crippen molar-refractivity contribution in [2.24, 2.45) is 5.73 Å². The van der Waals surface area contributed by atoms with E-state index in [9.17, 15) is 0 Å². The fourth-order valence-electron chi connectivity index (χ4n) is 1.96. The molecule has 2 heterocycles. The zero-order valence-electron chi connectivity index (χ0n) is 12.6. The first kappa shape index (κ1) is 15.4. The molecule has 2 atom stereocenters. The summed E-state index contributed by atoms with van der Waals surface area (Å²) in [5.41, 5.74) is 6.31. The second-order valence-corrected chi connectivity index (χ2v) is 5.23. The van der Waals surface area contributed by atoms with Gasteiger partial charge in [0, 0.05) is 18.0 Å². The maximum Gasteiger partial charge on any atom is 0.233 e. The minimum Gasteiger partial charge on any atom is -0.480 e. The fraction of sp³-hybridized carbons (Fsp3) is 0.571. The second kappa shape index (κ2) is 7.12. The highest BCUT2D eigenvalue weighted by Gasteiger charge is 2.16. The van der Waals surface area contributed by atoms with Gasteiger partial charge in [-0.1, -0.05) is 18.5 Å². The summed E-state index contributed by atoms with van der Waals surface area (Å²) in [7, 11) is 1.54. The number of ether oxygens (including phenoxy) is 1. The van der Waals surface area contributed by atoms with Gasteiger partial charge in [0.05, 0.1) is 7.11 Å². The van der Waals surface area contributed by atoms with E-state index in [1.165, 1.54) is 0 Å². The first-order valence-corrected chi connectivity index (χ1v) is 7.07. The lowest BCUT2D eigenvalue weighted by Gasteiger charge is -2.07. The Labute approximate surface area is 123 Å². The molecule has 2 N–H and O–H groups in total. The van der Waals surface area contributed by atoms with Crippen molar-refractivity contribution in [1.29, 1.82) is 0 Å². The highest BCUT2D eigenvalue weighted by Crippen LogP contribution is 2.22. The molecule has 2 rings (SSSR count). The van der Waals surface area contributed by atoms with Gasteiger partial charge >= 0.3 is 0 Å². The lowest BCUT2D eigenvalue weighted by Crippen LogP contribution is -2.14. The molecule has 0 aliphatic heterocycles. The summed E-state index contributed by atoms with van der Waals surface area (Å²) >= 11 is 0. The number of hydrogen-bond donors (Lipinski definition) is 1. The number of aromatic nitrogens is 4. The summed E-state index contributed by atoms with van der Waals surface area (Å²) < 4.78 is 10.3. The Balaban J connectivity index is 1.99. The van der Waals surface area contributed by atoms with Crippen LogP contribution in [-0.2, 0) is 0 Å². The Morgan fingerprint density at radius 1 is 1.24 bits per heavy atom. The van der Waals surface area contributed by atoms with Crippen LogP contribution in [0.25, 0.3) is 11.5 Å². The van der Waals surface area contributed by atoms with E-state index in [0.29, 0.717) is 23.3 Å². The fourth-order valence-corrected chi connectivity index (χ4v) is 1.96. The third-order valence-electron chi connectivity index (χ3n) is 3.24. The molecule has 7 nitrogen and oxygen atoms in total. The Kier molecular flexibility index (Phi) is 5.21. The summed E-state index contributed by atoms with van der Waals surface area (Å²) in [6.07, 6.45) is 3.01. The van der Waals surface area contributed by atoms with Crippen molar-refractivity contribution in [1.82, 2.24) is 20.3 Å². The normalized spacial score (nSPS) is 13.9. The lowest BCUT2D eigenvalue weighted by atomic mass is 10.0. The summed E-state index contributed by atoms with van der Waals surface area (Å²) in [5, 5.41) is 11.8. The average molecular weight is 291 g/mol. The molecule has 2 aromatic rings. The zero-order valence-corrected chi connectivity index (χ0v) is 12.6. The third kappa shape index (κ3) is 4.22. The van der Waals surface area contributed by atoms with Crippen LogP contribution in [0, 0.1) is 0 Å². The summed E-state index contributed by atoms with van der Waals surface area (Å²) in [5.74, 6) is 1.72. The number of nitrogens with zero attached hydrogens (tertiary/aromatic N) is 4. The van der Waals surface area contributed by atoms with Gasteiger partial charge < -0.3 is 15.0 Å². The molecule has 0 saturated carbocycles. The van der Waals surface area contributed by atoms with E-state index in [4.69, 9.17) is 15.0 Å². The molecular formula is C14H21N5O2. The quantitative estimate of drug-likeness (QED) is 0.834. The Hall–Kier alpha value is -2.02. The van der Waals surface area contributed by atoms with Crippen LogP contribution in [0.3, 0.4) is 0 Å². The third-order valence-corrected chi connectivity index (χ3v) is 3.24. The van der Waals surface area contributed by atoms with Crippen molar-refractivity contribution in [3.05, 3.63) is 18.0 Å². The van der Waals surface area contributed by atoms with E-state index < -0.39 is 0 Å². The Bertz CT molecular complexity index is 553.